The van der Waals surface area contributed by atoms with Gasteiger partial charge in [0.15, 0.2) is 10.1 Å². The average Bonchev–Trinajstić information content (AvgIpc) is 1.55. The lowest BCUT2D eigenvalue weighted by Gasteiger charge is -2.08. The molecule has 0 aromatic rings. The van der Waals surface area contributed by atoms with E-state index < -0.39 is 15.6 Å². The summed E-state index contributed by atoms with van der Waals surface area (Å²) >= 11 is 0. The van der Waals surface area contributed by atoms with E-state index in [-0.39, 0.29) is 8.80 Å². The molecule has 0 saturated carbocycles. The molecule has 12 heavy (non-hydrogen) atoms. The molecule has 8 heteroatoms. The van der Waals surface area contributed by atoms with Crippen LogP contribution in [0.3, 0.4) is 0 Å². The SMILES string of the molecule is C[Si+](C)C.O=S(=O)([O-])C(F)(F)F. The zero-order valence-electron chi connectivity index (χ0n) is 6.77. The Balaban J connectivity index is 0. The lowest BCUT2D eigenvalue weighted by Crippen LogP contribution is -2.21. The minimum absolute atomic E-state index is 0.120. The number of hydrogen-bond acceptors (Lipinski definition) is 3. The first-order valence-electron chi connectivity index (χ1n) is 2.77. The largest absolute Gasteiger partial charge is 0.741 e. The van der Waals surface area contributed by atoms with Crippen LogP contribution in [0.25, 0.3) is 0 Å². The Morgan fingerprint density at radius 1 is 1.17 bits per heavy atom. The van der Waals surface area contributed by atoms with E-state index in [1.54, 1.807) is 0 Å². The van der Waals surface area contributed by atoms with Crippen LogP contribution in [-0.2, 0) is 10.1 Å². The van der Waals surface area contributed by atoms with E-state index >= 15 is 0 Å². The molecular weight excluding hydrogens is 213 g/mol. The molecule has 0 rings (SSSR count). The maximum absolute atomic E-state index is 10.7. The lowest BCUT2D eigenvalue weighted by molar-refractivity contribution is -0.0517. The van der Waals surface area contributed by atoms with E-state index in [0.29, 0.717) is 0 Å². The van der Waals surface area contributed by atoms with Gasteiger partial charge in [-0.1, -0.05) is 0 Å². The third kappa shape index (κ3) is 9.92. The van der Waals surface area contributed by atoms with Crippen LogP contribution in [0.1, 0.15) is 0 Å². The van der Waals surface area contributed by atoms with E-state index in [4.69, 9.17) is 13.0 Å². The van der Waals surface area contributed by atoms with Gasteiger partial charge in [-0.05, 0) is 0 Å². The first kappa shape index (κ1) is 14.4. The smallest absolute Gasteiger partial charge is 0.485 e. The van der Waals surface area contributed by atoms with E-state index in [1.807, 2.05) is 0 Å². The van der Waals surface area contributed by atoms with Crippen LogP contribution in [0, 0.1) is 0 Å². The summed E-state index contributed by atoms with van der Waals surface area (Å²) in [4.78, 5) is 0. The fourth-order valence-electron chi connectivity index (χ4n) is 0. The standard InChI is InChI=1S/C3H9Si.CHF3O3S/c1-4(2)3;2-1(3,4)8(5,6)7/h1-3H3;(H,5,6,7)/q+1;/p-1. The molecule has 0 fully saturated rings. The lowest BCUT2D eigenvalue weighted by atomic mass is 11.6. The van der Waals surface area contributed by atoms with Crippen molar-refractivity contribution >= 4 is 18.9 Å². The Kier molecular flexibility index (Phi) is 5.81. The third-order valence-electron chi connectivity index (χ3n) is 0.283. The highest BCUT2D eigenvalue weighted by atomic mass is 32.2. The van der Waals surface area contributed by atoms with Crippen molar-refractivity contribution in [3.05, 3.63) is 0 Å². The van der Waals surface area contributed by atoms with Gasteiger partial charge in [-0.25, -0.2) is 8.42 Å². The van der Waals surface area contributed by atoms with Crippen LogP contribution in [0.15, 0.2) is 0 Å². The summed E-state index contributed by atoms with van der Waals surface area (Å²) < 4.78 is 58.9. The Morgan fingerprint density at radius 2 is 1.25 bits per heavy atom. The first-order chi connectivity index (χ1) is 4.98. The molecule has 0 saturated heterocycles. The van der Waals surface area contributed by atoms with E-state index in [9.17, 15) is 13.2 Å². The fraction of sp³-hybridized carbons (Fsp3) is 1.00. The van der Waals surface area contributed by atoms with Gasteiger partial charge in [0.25, 0.3) is 0 Å². The molecule has 0 heterocycles. The molecule has 0 N–H and O–H groups in total. The topological polar surface area (TPSA) is 57.2 Å². The number of halogens is 3. The van der Waals surface area contributed by atoms with Gasteiger partial charge in [0.05, 0.1) is 19.6 Å². The zero-order chi connectivity index (χ0) is 10.6. The monoisotopic (exact) mass is 222 g/mol. The Bertz CT molecular complexity index is 205. The van der Waals surface area contributed by atoms with E-state index in [1.165, 1.54) is 0 Å². The van der Waals surface area contributed by atoms with Crippen molar-refractivity contribution in [2.24, 2.45) is 0 Å². The minimum atomic E-state index is -6.09. The van der Waals surface area contributed by atoms with Crippen LogP contribution in [0.4, 0.5) is 13.2 Å². The molecule has 0 bridgehead atoms. The molecule has 0 aliphatic rings. The maximum atomic E-state index is 10.7. The van der Waals surface area contributed by atoms with Crippen LogP contribution >= 0.6 is 0 Å². The minimum Gasteiger partial charge on any atom is -0.741 e. The number of alkyl halides is 3. The van der Waals surface area contributed by atoms with Crippen molar-refractivity contribution in [3.63, 3.8) is 0 Å². The molecule has 0 atom stereocenters. The van der Waals surface area contributed by atoms with E-state index in [2.05, 4.69) is 19.6 Å². The van der Waals surface area contributed by atoms with Gasteiger partial charge in [-0.15, -0.1) is 0 Å². The van der Waals surface area contributed by atoms with Gasteiger partial charge in [-0.2, -0.15) is 13.2 Å². The summed E-state index contributed by atoms with van der Waals surface area (Å²) in [5, 5.41) is 0. The summed E-state index contributed by atoms with van der Waals surface area (Å²) in [5.41, 5.74) is -5.65. The van der Waals surface area contributed by atoms with Crippen molar-refractivity contribution in [2.45, 2.75) is 25.1 Å². The number of rotatable bonds is 0. The normalized spacial score (nSPS) is 11.6. The van der Waals surface area contributed by atoms with E-state index in [0.717, 1.165) is 0 Å². The summed E-state index contributed by atoms with van der Waals surface area (Å²) in [6, 6.07) is 0. The summed E-state index contributed by atoms with van der Waals surface area (Å²) in [6.45, 7) is 6.81. The predicted octanol–water partition coefficient (Wildman–Crippen LogP) is 1.42. The second-order valence-electron chi connectivity index (χ2n) is 2.40. The molecule has 0 unspecified atom stereocenters. The highest BCUT2D eigenvalue weighted by molar-refractivity contribution is 7.86. The quantitative estimate of drug-likeness (QED) is 0.354. The first-order valence-corrected chi connectivity index (χ1v) is 7.18. The molecule has 0 spiro atoms. The van der Waals surface area contributed by atoms with Crippen LogP contribution in [0.5, 0.6) is 0 Å². The van der Waals surface area contributed by atoms with Gasteiger partial charge >= 0.3 is 14.3 Å². The summed E-state index contributed by atoms with van der Waals surface area (Å²) in [7, 11) is -5.97. The van der Waals surface area contributed by atoms with Crippen molar-refractivity contribution in [3.8, 4) is 0 Å². The van der Waals surface area contributed by atoms with Gasteiger partial charge in [-0.3, -0.25) is 0 Å². The summed E-state index contributed by atoms with van der Waals surface area (Å²) in [5.74, 6) is 0. The average molecular weight is 222 g/mol. The van der Waals surface area contributed by atoms with Gasteiger partial charge < -0.3 is 4.55 Å². The van der Waals surface area contributed by atoms with Crippen molar-refractivity contribution < 1.29 is 26.1 Å². The van der Waals surface area contributed by atoms with Crippen molar-refractivity contribution in [2.75, 3.05) is 0 Å². The third-order valence-corrected chi connectivity index (χ3v) is 0.850. The van der Waals surface area contributed by atoms with Crippen LogP contribution < -0.4 is 0 Å². The molecule has 0 aromatic carbocycles. The maximum Gasteiger partial charge on any atom is 0.485 e. The van der Waals surface area contributed by atoms with Gasteiger partial charge in [0, 0.05) is 0 Å². The Labute approximate surface area is 70.9 Å². The van der Waals surface area contributed by atoms with Crippen LogP contribution in [-0.4, -0.2) is 27.3 Å². The van der Waals surface area contributed by atoms with Crippen LogP contribution in [0.2, 0.25) is 19.6 Å². The molecule has 0 aromatic heterocycles. The summed E-state index contributed by atoms with van der Waals surface area (Å²) in [6.07, 6.45) is 0. The Morgan fingerprint density at radius 3 is 1.25 bits per heavy atom. The molecule has 3 nitrogen and oxygen atoms in total. The molecule has 0 amide bonds. The number of hydrogen-bond donors (Lipinski definition) is 0. The van der Waals surface area contributed by atoms with Gasteiger partial charge in [0.2, 0.25) is 0 Å². The highest BCUT2D eigenvalue weighted by Crippen LogP contribution is 2.20. The van der Waals surface area contributed by atoms with Gasteiger partial charge in [0.1, 0.15) is 0 Å². The zero-order valence-corrected chi connectivity index (χ0v) is 8.58. The molecule has 74 valence electrons. The fourth-order valence-corrected chi connectivity index (χ4v) is 0. The molecular formula is C4H9F3O3SSi. The van der Waals surface area contributed by atoms with Crippen molar-refractivity contribution in [1.82, 2.24) is 0 Å². The second kappa shape index (κ2) is 4.82. The van der Waals surface area contributed by atoms with Crippen molar-refractivity contribution in [1.29, 1.82) is 0 Å². The second-order valence-corrected chi connectivity index (χ2v) is 6.77. The molecule has 0 aliphatic heterocycles. The molecule has 0 aliphatic carbocycles. The highest BCUT2D eigenvalue weighted by Gasteiger charge is 2.36. The molecule has 0 radical (unpaired) electrons. The predicted molar refractivity (Wildman–Crippen MR) is 39.1 cm³/mol. The Hall–Kier alpha value is -0.0831.